The number of rotatable bonds is 3. The lowest BCUT2D eigenvalue weighted by Gasteiger charge is -2.21. The minimum Gasteiger partial charge on any atom is -0.495 e. The van der Waals surface area contributed by atoms with Gasteiger partial charge in [0, 0.05) is 10.6 Å². The van der Waals surface area contributed by atoms with Crippen molar-refractivity contribution in [1.29, 1.82) is 0 Å². The molecule has 0 amide bonds. The molecule has 1 aromatic rings. The maximum absolute atomic E-state index is 6.03. The molecule has 15 heavy (non-hydrogen) atoms. The van der Waals surface area contributed by atoms with Crippen LogP contribution in [-0.2, 0) is 0 Å². The highest BCUT2D eigenvalue weighted by Gasteiger charge is 2.18. The Hall–Kier alpha value is 0.0400. The van der Waals surface area contributed by atoms with E-state index in [-0.39, 0.29) is 4.95 Å². The molecular weight excluding hydrogens is 301 g/mol. The highest BCUT2D eigenvalue weighted by atomic mass is 79.9. The van der Waals surface area contributed by atoms with Crippen molar-refractivity contribution in [2.45, 2.75) is 4.95 Å². The average Bonchev–Trinajstić information content (AvgIpc) is 2.15. The monoisotopic (exact) mass is 311 g/mol. The van der Waals surface area contributed by atoms with Crippen molar-refractivity contribution in [2.75, 3.05) is 21.2 Å². The molecule has 5 heteroatoms. The number of halogens is 3. The molecule has 1 rings (SSSR count). The fraction of sp³-hybridized carbons (Fsp3) is 0.400. The lowest BCUT2D eigenvalue weighted by Crippen LogP contribution is -2.15. The Morgan fingerprint density at radius 2 is 1.93 bits per heavy atom. The Balaban J connectivity index is 3.26. The van der Waals surface area contributed by atoms with Crippen LogP contribution in [0.25, 0.3) is 0 Å². The van der Waals surface area contributed by atoms with Gasteiger partial charge in [-0.05, 0) is 26.2 Å². The van der Waals surface area contributed by atoms with Crippen LogP contribution in [0.4, 0.5) is 0 Å². The van der Waals surface area contributed by atoms with Gasteiger partial charge in [-0.25, -0.2) is 0 Å². The van der Waals surface area contributed by atoms with Gasteiger partial charge in [-0.15, -0.1) is 0 Å². The van der Waals surface area contributed by atoms with Crippen LogP contribution in [0.15, 0.2) is 12.1 Å². The zero-order valence-electron chi connectivity index (χ0n) is 8.72. The Morgan fingerprint density at radius 3 is 2.40 bits per heavy atom. The molecule has 1 aromatic carbocycles. The number of hydrogen-bond donors (Lipinski definition) is 0. The summed E-state index contributed by atoms with van der Waals surface area (Å²) in [4.78, 5) is 2.01. The molecule has 0 aliphatic carbocycles. The predicted octanol–water partition coefficient (Wildman–Crippen LogP) is 3.96. The lowest BCUT2D eigenvalue weighted by molar-refractivity contribution is 0.369. The Bertz CT molecular complexity index is 358. The number of ether oxygens (including phenoxy) is 1. The van der Waals surface area contributed by atoms with Crippen molar-refractivity contribution in [3.63, 3.8) is 0 Å². The molecule has 0 N–H and O–H groups in total. The van der Waals surface area contributed by atoms with E-state index < -0.39 is 0 Å². The molecule has 0 saturated carbocycles. The van der Waals surface area contributed by atoms with Crippen molar-refractivity contribution in [1.82, 2.24) is 4.90 Å². The van der Waals surface area contributed by atoms with Gasteiger partial charge >= 0.3 is 0 Å². The highest BCUT2D eigenvalue weighted by Crippen LogP contribution is 2.39. The van der Waals surface area contributed by atoms with Gasteiger partial charge in [0.2, 0.25) is 0 Å². The van der Waals surface area contributed by atoms with Crippen molar-refractivity contribution >= 4 is 39.1 Å². The molecule has 0 aliphatic heterocycles. The third-order valence-corrected chi connectivity index (χ3v) is 3.76. The van der Waals surface area contributed by atoms with Crippen LogP contribution in [0.2, 0.25) is 10.0 Å². The van der Waals surface area contributed by atoms with Gasteiger partial charge in [0.1, 0.15) is 5.75 Å². The first kappa shape index (κ1) is 13.1. The number of nitrogens with zero attached hydrogens (tertiary/aromatic N) is 1. The second kappa shape index (κ2) is 5.39. The summed E-state index contributed by atoms with van der Waals surface area (Å²) in [6.07, 6.45) is 0. The largest absolute Gasteiger partial charge is 0.495 e. The summed E-state index contributed by atoms with van der Waals surface area (Å²) in [5.41, 5.74) is 0.917. The topological polar surface area (TPSA) is 12.5 Å². The fourth-order valence-electron chi connectivity index (χ4n) is 1.25. The summed E-state index contributed by atoms with van der Waals surface area (Å²) in [6.45, 7) is 0. The normalized spacial score (nSPS) is 13.0. The molecular formula is C10H12BrCl2NO. The zero-order valence-corrected chi connectivity index (χ0v) is 11.8. The Morgan fingerprint density at radius 1 is 1.33 bits per heavy atom. The summed E-state index contributed by atoms with van der Waals surface area (Å²) >= 11 is 15.5. The van der Waals surface area contributed by atoms with E-state index in [1.807, 2.05) is 25.1 Å². The van der Waals surface area contributed by atoms with Gasteiger partial charge in [0.05, 0.1) is 17.1 Å². The van der Waals surface area contributed by atoms with E-state index in [9.17, 15) is 0 Å². The van der Waals surface area contributed by atoms with E-state index in [0.717, 1.165) is 5.56 Å². The maximum Gasteiger partial charge on any atom is 0.143 e. The molecule has 0 bridgehead atoms. The van der Waals surface area contributed by atoms with E-state index in [0.29, 0.717) is 15.8 Å². The third kappa shape index (κ3) is 3.00. The second-order valence-corrected chi connectivity index (χ2v) is 5.02. The van der Waals surface area contributed by atoms with Crippen LogP contribution in [0.3, 0.4) is 0 Å². The van der Waals surface area contributed by atoms with Gasteiger partial charge in [-0.1, -0.05) is 39.1 Å². The van der Waals surface area contributed by atoms with Gasteiger partial charge < -0.3 is 4.74 Å². The van der Waals surface area contributed by atoms with E-state index in [1.165, 1.54) is 0 Å². The molecule has 0 fully saturated rings. The van der Waals surface area contributed by atoms with Crippen LogP contribution in [0, 0.1) is 0 Å². The summed E-state index contributed by atoms with van der Waals surface area (Å²) in [7, 11) is 5.50. The first-order chi connectivity index (χ1) is 6.97. The maximum atomic E-state index is 6.03. The van der Waals surface area contributed by atoms with Crippen molar-refractivity contribution < 1.29 is 4.74 Å². The molecule has 0 spiro atoms. The SMILES string of the molecule is COc1c(Cl)cc(Cl)cc1C(Br)N(C)C. The van der Waals surface area contributed by atoms with Crippen LogP contribution >= 0.6 is 39.1 Å². The Kier molecular flexibility index (Phi) is 4.71. The van der Waals surface area contributed by atoms with Gasteiger partial charge in [-0.3, -0.25) is 4.90 Å². The van der Waals surface area contributed by atoms with Crippen LogP contribution < -0.4 is 4.74 Å². The predicted molar refractivity (Wildman–Crippen MR) is 68.4 cm³/mol. The average molecular weight is 313 g/mol. The van der Waals surface area contributed by atoms with Crippen molar-refractivity contribution in [3.05, 3.63) is 27.7 Å². The minimum atomic E-state index is 0.0173. The molecule has 0 heterocycles. The van der Waals surface area contributed by atoms with Crippen LogP contribution in [0.1, 0.15) is 10.5 Å². The molecule has 0 saturated heterocycles. The number of hydrogen-bond acceptors (Lipinski definition) is 2. The van der Waals surface area contributed by atoms with Crippen LogP contribution in [-0.4, -0.2) is 26.1 Å². The van der Waals surface area contributed by atoms with Gasteiger partial charge in [-0.2, -0.15) is 0 Å². The minimum absolute atomic E-state index is 0.0173. The van der Waals surface area contributed by atoms with Gasteiger partial charge in [0.25, 0.3) is 0 Å². The highest BCUT2D eigenvalue weighted by molar-refractivity contribution is 9.09. The molecule has 84 valence electrons. The number of methoxy groups -OCH3 is 1. The quantitative estimate of drug-likeness (QED) is 0.619. The second-order valence-electron chi connectivity index (χ2n) is 3.31. The van der Waals surface area contributed by atoms with Crippen molar-refractivity contribution in [3.8, 4) is 5.75 Å². The summed E-state index contributed by atoms with van der Waals surface area (Å²) in [6, 6.07) is 3.51. The first-order valence-electron chi connectivity index (χ1n) is 4.30. The molecule has 1 unspecified atom stereocenters. The zero-order chi connectivity index (χ0) is 11.6. The summed E-state index contributed by atoms with van der Waals surface area (Å²) in [5.74, 6) is 0.650. The molecule has 2 nitrogen and oxygen atoms in total. The van der Waals surface area contributed by atoms with Crippen molar-refractivity contribution in [2.24, 2.45) is 0 Å². The molecule has 0 aromatic heterocycles. The third-order valence-electron chi connectivity index (χ3n) is 1.95. The molecule has 0 radical (unpaired) electrons. The van der Waals surface area contributed by atoms with E-state index in [2.05, 4.69) is 15.9 Å². The molecule has 1 atom stereocenters. The van der Waals surface area contributed by atoms with E-state index in [4.69, 9.17) is 27.9 Å². The van der Waals surface area contributed by atoms with E-state index >= 15 is 0 Å². The lowest BCUT2D eigenvalue weighted by atomic mass is 10.2. The van der Waals surface area contributed by atoms with Crippen LogP contribution in [0.5, 0.6) is 5.75 Å². The first-order valence-corrected chi connectivity index (χ1v) is 5.98. The number of benzene rings is 1. The van der Waals surface area contributed by atoms with Gasteiger partial charge in [0.15, 0.2) is 0 Å². The fourth-order valence-corrected chi connectivity index (χ4v) is 2.18. The standard InChI is InChI=1S/C10H12BrCl2NO/c1-14(2)10(11)7-4-6(12)5-8(13)9(7)15-3/h4-5,10H,1-3H3. The summed E-state index contributed by atoms with van der Waals surface area (Å²) < 4.78 is 5.26. The molecule has 0 aliphatic rings. The van der Waals surface area contributed by atoms with E-state index in [1.54, 1.807) is 13.2 Å². The number of alkyl halides is 1. The summed E-state index contributed by atoms with van der Waals surface area (Å²) in [5, 5.41) is 1.12. The smallest absolute Gasteiger partial charge is 0.143 e. The Labute approximate surface area is 108 Å².